The summed E-state index contributed by atoms with van der Waals surface area (Å²) in [7, 11) is -3.78. The number of rotatable bonds is 6. The smallest absolute Gasteiger partial charge is 0.243 e. The minimum absolute atomic E-state index is 0. The zero-order valence-corrected chi connectivity index (χ0v) is 20.6. The third-order valence-electron chi connectivity index (χ3n) is 6.89. The number of nitrogens with zero attached hydrogens (tertiary/aromatic N) is 2. The zero-order valence-electron chi connectivity index (χ0n) is 19.8. The maximum Gasteiger partial charge on any atom is 0.243 e. The first-order valence-corrected chi connectivity index (χ1v) is 13.4. The van der Waals surface area contributed by atoms with Gasteiger partial charge in [-0.2, -0.15) is 4.31 Å². The molecule has 1 saturated heterocycles. The first-order chi connectivity index (χ1) is 17.8. The van der Waals surface area contributed by atoms with Gasteiger partial charge in [0.2, 0.25) is 28.6 Å². The van der Waals surface area contributed by atoms with Crippen LogP contribution in [0.2, 0.25) is 0 Å². The average molecular weight is 523 g/mol. The lowest BCUT2D eigenvalue weighted by atomic mass is 9.94. The Kier molecular flexibility index (Phi) is 5.61. The quantitative estimate of drug-likeness (QED) is 0.509. The van der Waals surface area contributed by atoms with Crippen LogP contribution in [0.15, 0.2) is 65.6 Å². The molecule has 0 bridgehead atoms. The average Bonchev–Trinajstić information content (AvgIpc) is 3.59. The van der Waals surface area contributed by atoms with Gasteiger partial charge in [-0.25, -0.2) is 13.4 Å². The molecule has 2 aromatic carbocycles. The van der Waals surface area contributed by atoms with Crippen LogP contribution in [-0.2, 0) is 25.0 Å². The molecule has 11 heteroatoms. The standard InChI is InChI=1S/C26H24N4O6S.H2/c31-24-15-30(13-12-27-24)37(33,34)19-7-4-17(5-8-19)20-2-1-3-23(28-20)29-25(32)26(10-11-26)18-6-9-21-22(14-18)36-16-35-21;/h1-9,14H,10-13,15-16H2,(H,27,31)(H,28,29,32);1H. The number of ether oxygens (including phenoxy) is 2. The van der Waals surface area contributed by atoms with E-state index in [1.54, 1.807) is 30.3 Å². The monoisotopic (exact) mass is 522 g/mol. The predicted octanol–water partition coefficient (Wildman–Crippen LogP) is 2.51. The van der Waals surface area contributed by atoms with Crippen molar-refractivity contribution in [2.24, 2.45) is 0 Å². The zero-order chi connectivity index (χ0) is 25.6. The summed E-state index contributed by atoms with van der Waals surface area (Å²) in [5, 5.41) is 5.56. The highest BCUT2D eigenvalue weighted by Gasteiger charge is 2.51. The van der Waals surface area contributed by atoms with Crippen LogP contribution in [0.5, 0.6) is 11.5 Å². The van der Waals surface area contributed by atoms with Crippen LogP contribution in [-0.4, -0.2) is 55.9 Å². The second-order valence-corrected chi connectivity index (χ2v) is 11.2. The highest BCUT2D eigenvalue weighted by atomic mass is 32.2. The molecule has 0 radical (unpaired) electrons. The van der Waals surface area contributed by atoms with Crippen molar-refractivity contribution in [2.75, 3.05) is 31.7 Å². The molecule has 2 fully saturated rings. The van der Waals surface area contributed by atoms with Gasteiger partial charge in [0.05, 0.1) is 22.5 Å². The van der Waals surface area contributed by atoms with Crippen molar-refractivity contribution >= 4 is 27.7 Å². The Hall–Kier alpha value is -3.96. The van der Waals surface area contributed by atoms with Gasteiger partial charge in [0, 0.05) is 20.1 Å². The van der Waals surface area contributed by atoms with Gasteiger partial charge in [0.1, 0.15) is 5.82 Å². The minimum atomic E-state index is -3.78. The fourth-order valence-corrected chi connectivity index (χ4v) is 6.03. The van der Waals surface area contributed by atoms with E-state index in [9.17, 15) is 18.0 Å². The van der Waals surface area contributed by atoms with Crippen LogP contribution in [0.25, 0.3) is 11.3 Å². The first-order valence-electron chi connectivity index (χ1n) is 11.9. The summed E-state index contributed by atoms with van der Waals surface area (Å²) in [4.78, 5) is 29.6. The topological polar surface area (TPSA) is 127 Å². The van der Waals surface area contributed by atoms with Crippen molar-refractivity contribution in [1.29, 1.82) is 0 Å². The number of carbonyl (C=O) groups is 2. The van der Waals surface area contributed by atoms with E-state index in [1.165, 1.54) is 16.4 Å². The second kappa shape index (κ2) is 8.86. The molecule has 0 spiro atoms. The van der Waals surface area contributed by atoms with E-state index >= 15 is 0 Å². The van der Waals surface area contributed by atoms with Crippen molar-refractivity contribution in [3.05, 3.63) is 66.2 Å². The number of benzene rings is 2. The molecule has 1 saturated carbocycles. The summed E-state index contributed by atoms with van der Waals surface area (Å²) in [6, 6.07) is 17.2. The number of aromatic nitrogens is 1. The van der Waals surface area contributed by atoms with E-state index in [4.69, 9.17) is 9.47 Å². The van der Waals surface area contributed by atoms with Crippen molar-refractivity contribution in [1.82, 2.24) is 14.6 Å². The minimum Gasteiger partial charge on any atom is -0.454 e. The van der Waals surface area contributed by atoms with Gasteiger partial charge in [0.15, 0.2) is 11.5 Å². The number of pyridine rings is 1. The van der Waals surface area contributed by atoms with Gasteiger partial charge >= 0.3 is 0 Å². The first kappa shape index (κ1) is 23.4. The number of piperazine rings is 1. The van der Waals surface area contributed by atoms with Gasteiger partial charge in [-0.05, 0) is 54.8 Å². The van der Waals surface area contributed by atoms with E-state index in [2.05, 4.69) is 15.6 Å². The van der Waals surface area contributed by atoms with Crippen molar-refractivity contribution in [2.45, 2.75) is 23.2 Å². The molecule has 0 atom stereocenters. The summed E-state index contributed by atoms with van der Waals surface area (Å²) in [5.74, 6) is 1.27. The molecule has 3 aliphatic rings. The van der Waals surface area contributed by atoms with Gasteiger partial charge in [-0.15, -0.1) is 0 Å². The molecular weight excluding hydrogens is 496 g/mol. The van der Waals surface area contributed by atoms with E-state index in [0.717, 1.165) is 18.4 Å². The third kappa shape index (κ3) is 4.30. The SMILES string of the molecule is O=C1CN(S(=O)(=O)c2ccc(-c3cccc(NC(=O)C4(c5ccc6c(c5)OCO6)CC4)n3)cc2)CCN1.[HH]. The molecule has 37 heavy (non-hydrogen) atoms. The summed E-state index contributed by atoms with van der Waals surface area (Å²) in [6.07, 6.45) is 1.46. The largest absolute Gasteiger partial charge is 0.454 e. The molecule has 2 amide bonds. The summed E-state index contributed by atoms with van der Waals surface area (Å²) >= 11 is 0. The Balaban J connectivity index is 0.00000294. The molecule has 1 aromatic heterocycles. The van der Waals surface area contributed by atoms with Crippen molar-refractivity contribution in [3.63, 3.8) is 0 Å². The Morgan fingerprint density at radius 2 is 1.84 bits per heavy atom. The summed E-state index contributed by atoms with van der Waals surface area (Å²) in [5.41, 5.74) is 1.55. The molecule has 3 aromatic rings. The lowest BCUT2D eigenvalue weighted by Crippen LogP contribution is -2.49. The Bertz CT molecular complexity index is 1510. The Morgan fingerprint density at radius 1 is 1.05 bits per heavy atom. The number of nitrogens with one attached hydrogen (secondary N) is 2. The van der Waals surface area contributed by atoms with Crippen molar-refractivity contribution in [3.8, 4) is 22.8 Å². The van der Waals surface area contributed by atoms with Crippen LogP contribution in [0.3, 0.4) is 0 Å². The number of carbonyl (C=O) groups excluding carboxylic acids is 2. The normalized spacial score (nSPS) is 18.2. The van der Waals surface area contributed by atoms with Crippen LogP contribution in [0.4, 0.5) is 5.82 Å². The van der Waals surface area contributed by atoms with Crippen LogP contribution < -0.4 is 20.1 Å². The molecule has 6 rings (SSSR count). The van der Waals surface area contributed by atoms with E-state index in [0.29, 0.717) is 28.6 Å². The molecule has 10 nitrogen and oxygen atoms in total. The number of hydrogen-bond donors (Lipinski definition) is 2. The number of sulfonamides is 1. The Labute approximate surface area is 215 Å². The summed E-state index contributed by atoms with van der Waals surface area (Å²) in [6.45, 7) is 0.500. The number of fused-ring (bicyclic) bond motifs is 1. The van der Waals surface area contributed by atoms with E-state index in [-0.39, 0.29) is 44.6 Å². The molecule has 3 heterocycles. The van der Waals surface area contributed by atoms with Gasteiger partial charge in [-0.1, -0.05) is 24.3 Å². The van der Waals surface area contributed by atoms with Gasteiger partial charge in [-0.3, -0.25) is 9.59 Å². The fraction of sp³-hybridized carbons (Fsp3) is 0.269. The maximum absolute atomic E-state index is 13.3. The molecular formula is C26H26N4O6S. The lowest BCUT2D eigenvalue weighted by Gasteiger charge is -2.25. The lowest BCUT2D eigenvalue weighted by molar-refractivity contribution is -0.122. The second-order valence-electron chi connectivity index (χ2n) is 9.23. The van der Waals surface area contributed by atoms with Gasteiger partial charge in [0.25, 0.3) is 0 Å². The van der Waals surface area contributed by atoms with Crippen LogP contribution >= 0.6 is 0 Å². The van der Waals surface area contributed by atoms with Crippen LogP contribution in [0.1, 0.15) is 19.8 Å². The highest BCUT2D eigenvalue weighted by molar-refractivity contribution is 7.89. The van der Waals surface area contributed by atoms with Gasteiger partial charge < -0.3 is 20.1 Å². The number of anilines is 1. The highest BCUT2D eigenvalue weighted by Crippen LogP contribution is 2.51. The number of amides is 2. The van der Waals surface area contributed by atoms with E-state index in [1.807, 2.05) is 18.2 Å². The Morgan fingerprint density at radius 3 is 2.59 bits per heavy atom. The number of hydrogen-bond acceptors (Lipinski definition) is 7. The van der Waals surface area contributed by atoms with E-state index < -0.39 is 15.4 Å². The summed E-state index contributed by atoms with van der Waals surface area (Å²) < 4.78 is 37.8. The third-order valence-corrected chi connectivity index (χ3v) is 8.75. The molecule has 192 valence electrons. The molecule has 2 N–H and O–H groups in total. The fourth-order valence-electron chi connectivity index (χ4n) is 4.63. The molecule has 0 unspecified atom stereocenters. The molecule has 1 aliphatic carbocycles. The maximum atomic E-state index is 13.3. The predicted molar refractivity (Wildman–Crippen MR) is 136 cm³/mol. The van der Waals surface area contributed by atoms with Crippen molar-refractivity contribution < 1.29 is 28.9 Å². The molecule has 2 aliphatic heterocycles. The van der Waals surface area contributed by atoms with Crippen LogP contribution in [0, 0.1) is 0 Å².